The van der Waals surface area contributed by atoms with Gasteiger partial charge in [0.15, 0.2) is 0 Å². The van der Waals surface area contributed by atoms with Crippen molar-refractivity contribution in [2.24, 2.45) is 0 Å². The third kappa shape index (κ3) is 2.50. The van der Waals surface area contributed by atoms with Crippen molar-refractivity contribution < 1.29 is 0 Å². The second-order valence-corrected chi connectivity index (χ2v) is 5.66. The number of rotatable bonds is 1. The quantitative estimate of drug-likeness (QED) is 0.738. The minimum absolute atomic E-state index is 0.198. The summed E-state index contributed by atoms with van der Waals surface area (Å²) in [4.78, 5) is 2.11. The Labute approximate surface area is 95.2 Å². The lowest BCUT2D eigenvalue weighted by Gasteiger charge is -2.22. The van der Waals surface area contributed by atoms with Crippen LogP contribution in [-0.2, 0) is 5.41 Å². The second-order valence-electron chi connectivity index (χ2n) is 4.81. The zero-order chi connectivity index (χ0) is 10.9. The van der Waals surface area contributed by atoms with Crippen LogP contribution in [-0.4, -0.2) is 14.1 Å². The maximum atomic E-state index is 3.62. The molecule has 0 heterocycles. The van der Waals surface area contributed by atoms with Crippen molar-refractivity contribution >= 4 is 21.6 Å². The Kier molecular flexibility index (Phi) is 3.25. The molecule has 0 saturated heterocycles. The Balaban J connectivity index is 3.15. The molecule has 78 valence electrons. The second kappa shape index (κ2) is 3.93. The zero-order valence-corrected chi connectivity index (χ0v) is 11.1. The molecule has 0 aromatic heterocycles. The van der Waals surface area contributed by atoms with Crippen LogP contribution >= 0.6 is 15.9 Å². The largest absolute Gasteiger partial charge is 0.378 e. The Morgan fingerprint density at radius 2 is 1.71 bits per heavy atom. The Bertz CT molecular complexity index is 324. The highest BCUT2D eigenvalue weighted by Gasteiger charge is 2.16. The van der Waals surface area contributed by atoms with E-state index in [1.807, 2.05) is 0 Å². The normalized spacial score (nSPS) is 11.6. The van der Waals surface area contributed by atoms with Gasteiger partial charge in [-0.1, -0.05) is 42.8 Å². The minimum atomic E-state index is 0.198. The van der Waals surface area contributed by atoms with Crippen LogP contribution in [0.2, 0.25) is 0 Å². The van der Waals surface area contributed by atoms with E-state index in [9.17, 15) is 0 Å². The molecule has 2 heteroatoms. The lowest BCUT2D eigenvalue weighted by Crippen LogP contribution is -2.13. The lowest BCUT2D eigenvalue weighted by molar-refractivity contribution is 0.587. The maximum Gasteiger partial charge on any atom is 0.0372 e. The predicted molar refractivity (Wildman–Crippen MR) is 67.2 cm³/mol. The van der Waals surface area contributed by atoms with Crippen LogP contribution in [0.1, 0.15) is 26.3 Å². The summed E-state index contributed by atoms with van der Waals surface area (Å²) in [5.41, 5.74) is 2.77. The van der Waals surface area contributed by atoms with Gasteiger partial charge < -0.3 is 4.90 Å². The molecule has 1 nitrogen and oxygen atoms in total. The highest BCUT2D eigenvalue weighted by molar-refractivity contribution is 9.10. The molecule has 0 amide bonds. The summed E-state index contributed by atoms with van der Waals surface area (Å²) in [6.07, 6.45) is 0. The van der Waals surface area contributed by atoms with Crippen LogP contribution in [0.4, 0.5) is 5.69 Å². The third-order valence-corrected chi connectivity index (χ3v) is 2.93. The van der Waals surface area contributed by atoms with Gasteiger partial charge in [0.05, 0.1) is 0 Å². The first kappa shape index (κ1) is 11.6. The molecule has 0 spiro atoms. The summed E-state index contributed by atoms with van der Waals surface area (Å²) >= 11 is 3.62. The van der Waals surface area contributed by atoms with Crippen molar-refractivity contribution in [1.29, 1.82) is 0 Å². The first-order valence-electron chi connectivity index (χ1n) is 4.80. The van der Waals surface area contributed by atoms with Crippen LogP contribution in [0.3, 0.4) is 0 Å². The number of anilines is 1. The van der Waals surface area contributed by atoms with Crippen LogP contribution in [0.25, 0.3) is 0 Å². The van der Waals surface area contributed by atoms with E-state index in [0.29, 0.717) is 0 Å². The van der Waals surface area contributed by atoms with E-state index >= 15 is 0 Å². The van der Waals surface area contributed by atoms with Gasteiger partial charge in [0.25, 0.3) is 0 Å². The standard InChI is InChI=1S/C12H18BrN/c1-12(2,3)10-7-6-9(14(4)5)8-11(10)13/h6-8H,1-5H3. The average molecular weight is 256 g/mol. The summed E-state index contributed by atoms with van der Waals surface area (Å²) in [5, 5.41) is 0. The Hall–Kier alpha value is -0.500. The molecule has 0 bridgehead atoms. The van der Waals surface area contributed by atoms with Gasteiger partial charge in [0.1, 0.15) is 0 Å². The highest BCUT2D eigenvalue weighted by atomic mass is 79.9. The molecule has 1 aromatic rings. The van der Waals surface area contributed by atoms with Gasteiger partial charge in [-0.25, -0.2) is 0 Å². The topological polar surface area (TPSA) is 3.24 Å². The third-order valence-electron chi connectivity index (χ3n) is 2.28. The fourth-order valence-electron chi connectivity index (χ4n) is 1.39. The first-order chi connectivity index (χ1) is 6.32. The molecule has 14 heavy (non-hydrogen) atoms. The van der Waals surface area contributed by atoms with Gasteiger partial charge in [-0.3, -0.25) is 0 Å². The summed E-state index contributed by atoms with van der Waals surface area (Å²) in [6.45, 7) is 6.67. The van der Waals surface area contributed by atoms with E-state index < -0.39 is 0 Å². The van der Waals surface area contributed by atoms with E-state index in [2.05, 4.69) is 73.9 Å². The summed E-state index contributed by atoms with van der Waals surface area (Å²) < 4.78 is 1.19. The van der Waals surface area contributed by atoms with E-state index in [4.69, 9.17) is 0 Å². The Morgan fingerprint density at radius 1 is 1.14 bits per heavy atom. The van der Waals surface area contributed by atoms with Gasteiger partial charge >= 0.3 is 0 Å². The van der Waals surface area contributed by atoms with Gasteiger partial charge in [-0.05, 0) is 23.1 Å². The van der Waals surface area contributed by atoms with E-state index in [1.54, 1.807) is 0 Å². The smallest absolute Gasteiger partial charge is 0.0372 e. The molecule has 0 saturated carbocycles. The lowest BCUT2D eigenvalue weighted by atomic mass is 9.87. The summed E-state index contributed by atoms with van der Waals surface area (Å²) in [5.74, 6) is 0. The molecule has 0 radical (unpaired) electrons. The van der Waals surface area contributed by atoms with E-state index in [-0.39, 0.29) is 5.41 Å². The number of hydrogen-bond acceptors (Lipinski definition) is 1. The summed E-state index contributed by atoms with van der Waals surface area (Å²) in [7, 11) is 4.11. The zero-order valence-electron chi connectivity index (χ0n) is 9.56. The number of nitrogens with zero attached hydrogens (tertiary/aromatic N) is 1. The van der Waals surface area contributed by atoms with E-state index in [0.717, 1.165) is 0 Å². The van der Waals surface area contributed by atoms with Crippen LogP contribution in [0, 0.1) is 0 Å². The van der Waals surface area contributed by atoms with Crippen molar-refractivity contribution in [3.8, 4) is 0 Å². The molecule has 0 aliphatic carbocycles. The SMILES string of the molecule is CN(C)c1ccc(C(C)(C)C)c(Br)c1. The fourth-order valence-corrected chi connectivity index (χ4v) is 2.35. The average Bonchev–Trinajstić information content (AvgIpc) is 2.01. The van der Waals surface area contributed by atoms with Crippen molar-refractivity contribution in [2.75, 3.05) is 19.0 Å². The van der Waals surface area contributed by atoms with Gasteiger partial charge in [-0.2, -0.15) is 0 Å². The van der Waals surface area contributed by atoms with Gasteiger partial charge in [0.2, 0.25) is 0 Å². The maximum absolute atomic E-state index is 3.62. The molecule has 1 rings (SSSR count). The van der Waals surface area contributed by atoms with Crippen molar-refractivity contribution in [3.05, 3.63) is 28.2 Å². The molecule has 1 aromatic carbocycles. The number of hydrogen-bond donors (Lipinski definition) is 0. The molecule has 0 fully saturated rings. The number of halogens is 1. The predicted octanol–water partition coefficient (Wildman–Crippen LogP) is 3.81. The van der Waals surface area contributed by atoms with Crippen molar-refractivity contribution in [2.45, 2.75) is 26.2 Å². The molecular weight excluding hydrogens is 238 g/mol. The molecule has 0 N–H and O–H groups in total. The van der Waals surface area contributed by atoms with E-state index in [1.165, 1.54) is 15.7 Å². The molecule has 0 aliphatic rings. The van der Waals surface area contributed by atoms with Gasteiger partial charge in [0, 0.05) is 24.3 Å². The molecular formula is C12H18BrN. The highest BCUT2D eigenvalue weighted by Crippen LogP contribution is 2.32. The van der Waals surface area contributed by atoms with Gasteiger partial charge in [-0.15, -0.1) is 0 Å². The molecule has 0 unspecified atom stereocenters. The molecule has 0 aliphatic heterocycles. The first-order valence-corrected chi connectivity index (χ1v) is 5.59. The summed E-state index contributed by atoms with van der Waals surface area (Å²) in [6, 6.07) is 6.52. The van der Waals surface area contributed by atoms with Crippen LogP contribution in [0.5, 0.6) is 0 Å². The van der Waals surface area contributed by atoms with Crippen molar-refractivity contribution in [3.63, 3.8) is 0 Å². The van der Waals surface area contributed by atoms with Crippen LogP contribution < -0.4 is 4.90 Å². The van der Waals surface area contributed by atoms with Crippen molar-refractivity contribution in [1.82, 2.24) is 0 Å². The monoisotopic (exact) mass is 255 g/mol. The minimum Gasteiger partial charge on any atom is -0.378 e. The number of benzene rings is 1. The molecule has 0 atom stereocenters. The Morgan fingerprint density at radius 3 is 2.07 bits per heavy atom. The van der Waals surface area contributed by atoms with Crippen LogP contribution in [0.15, 0.2) is 22.7 Å². The fraction of sp³-hybridized carbons (Fsp3) is 0.500.